The van der Waals surface area contributed by atoms with Crippen molar-refractivity contribution >= 4 is 27.7 Å². The highest BCUT2D eigenvalue weighted by atomic mass is 79.9. The number of aryl methyl sites for hydroxylation is 1. The molecule has 0 unspecified atom stereocenters. The van der Waals surface area contributed by atoms with Gasteiger partial charge in [-0.05, 0) is 40.5 Å². The van der Waals surface area contributed by atoms with Gasteiger partial charge < -0.3 is 9.80 Å². The molecule has 3 heterocycles. The summed E-state index contributed by atoms with van der Waals surface area (Å²) in [7, 11) is 0. The maximum absolute atomic E-state index is 4.49. The van der Waals surface area contributed by atoms with Crippen LogP contribution in [-0.2, 0) is 0 Å². The van der Waals surface area contributed by atoms with Crippen LogP contribution in [0.5, 0.6) is 0 Å². The molecule has 6 heteroatoms. The SMILES string of the molecule is Cc1ccnc(N2CCN(c3ncccn3)CC2)c1Br. The van der Waals surface area contributed by atoms with E-state index in [1.54, 1.807) is 12.4 Å². The molecule has 1 saturated heterocycles. The minimum absolute atomic E-state index is 0.809. The van der Waals surface area contributed by atoms with E-state index in [0.29, 0.717) is 0 Å². The Balaban J connectivity index is 1.71. The molecule has 1 aliphatic rings. The summed E-state index contributed by atoms with van der Waals surface area (Å²) in [4.78, 5) is 17.6. The van der Waals surface area contributed by atoms with Gasteiger partial charge in [-0.1, -0.05) is 0 Å². The van der Waals surface area contributed by atoms with Crippen LogP contribution in [0.1, 0.15) is 5.56 Å². The van der Waals surface area contributed by atoms with Crippen molar-refractivity contribution < 1.29 is 0 Å². The highest BCUT2D eigenvalue weighted by Crippen LogP contribution is 2.27. The van der Waals surface area contributed by atoms with Gasteiger partial charge in [-0.15, -0.1) is 0 Å². The molecule has 2 aromatic heterocycles. The van der Waals surface area contributed by atoms with Gasteiger partial charge in [0.15, 0.2) is 0 Å². The first kappa shape index (κ1) is 13.3. The largest absolute Gasteiger partial charge is 0.352 e. The van der Waals surface area contributed by atoms with Gasteiger partial charge in [-0.25, -0.2) is 15.0 Å². The number of hydrogen-bond donors (Lipinski definition) is 0. The van der Waals surface area contributed by atoms with E-state index >= 15 is 0 Å². The second-order valence-electron chi connectivity index (χ2n) is 4.79. The fraction of sp³-hybridized carbons (Fsp3) is 0.357. The van der Waals surface area contributed by atoms with Crippen LogP contribution in [0.15, 0.2) is 35.2 Å². The van der Waals surface area contributed by atoms with Gasteiger partial charge in [-0.2, -0.15) is 0 Å². The summed E-state index contributed by atoms with van der Waals surface area (Å²) in [5.74, 6) is 1.84. The maximum atomic E-state index is 4.49. The van der Waals surface area contributed by atoms with E-state index in [2.05, 4.69) is 47.6 Å². The first-order chi connectivity index (χ1) is 9.75. The van der Waals surface area contributed by atoms with Crippen LogP contribution >= 0.6 is 15.9 Å². The number of aromatic nitrogens is 3. The lowest BCUT2D eigenvalue weighted by Gasteiger charge is -2.35. The summed E-state index contributed by atoms with van der Waals surface area (Å²) in [6, 6.07) is 3.86. The first-order valence-electron chi connectivity index (χ1n) is 6.64. The molecule has 0 aliphatic carbocycles. The van der Waals surface area contributed by atoms with Crippen molar-refractivity contribution in [3.63, 3.8) is 0 Å². The Bertz CT molecular complexity index is 581. The smallest absolute Gasteiger partial charge is 0.225 e. The Morgan fingerprint density at radius 1 is 0.950 bits per heavy atom. The van der Waals surface area contributed by atoms with Crippen molar-refractivity contribution in [3.05, 3.63) is 40.8 Å². The molecule has 2 aromatic rings. The molecule has 5 nitrogen and oxygen atoms in total. The Morgan fingerprint density at radius 3 is 2.30 bits per heavy atom. The van der Waals surface area contributed by atoms with Crippen LogP contribution in [0, 0.1) is 6.92 Å². The van der Waals surface area contributed by atoms with E-state index in [4.69, 9.17) is 0 Å². The lowest BCUT2D eigenvalue weighted by molar-refractivity contribution is 0.633. The summed E-state index contributed by atoms with van der Waals surface area (Å²) < 4.78 is 1.09. The Morgan fingerprint density at radius 2 is 1.60 bits per heavy atom. The van der Waals surface area contributed by atoms with Gasteiger partial charge in [0.25, 0.3) is 0 Å². The molecule has 0 atom stereocenters. The zero-order valence-electron chi connectivity index (χ0n) is 11.3. The fourth-order valence-electron chi connectivity index (χ4n) is 2.32. The normalized spacial score (nSPS) is 15.5. The van der Waals surface area contributed by atoms with Crippen molar-refractivity contribution in [2.24, 2.45) is 0 Å². The van der Waals surface area contributed by atoms with E-state index in [0.717, 1.165) is 42.4 Å². The van der Waals surface area contributed by atoms with E-state index in [9.17, 15) is 0 Å². The minimum Gasteiger partial charge on any atom is -0.352 e. The molecule has 0 aromatic carbocycles. The van der Waals surface area contributed by atoms with Crippen LogP contribution in [0.3, 0.4) is 0 Å². The third kappa shape index (κ3) is 2.60. The summed E-state index contributed by atoms with van der Waals surface area (Å²) in [6.45, 7) is 5.75. The van der Waals surface area contributed by atoms with Crippen molar-refractivity contribution in [3.8, 4) is 0 Å². The quantitative estimate of drug-likeness (QED) is 0.843. The second kappa shape index (κ2) is 5.75. The minimum atomic E-state index is 0.809. The number of anilines is 2. The van der Waals surface area contributed by atoms with E-state index in [1.807, 2.05) is 18.3 Å². The maximum Gasteiger partial charge on any atom is 0.225 e. The fourth-order valence-corrected chi connectivity index (χ4v) is 2.80. The summed E-state index contributed by atoms with van der Waals surface area (Å²) >= 11 is 3.63. The Kier molecular flexibility index (Phi) is 3.82. The molecule has 3 rings (SSSR count). The standard InChI is InChI=1S/C14H16BrN5/c1-11-3-6-16-13(12(11)15)19-7-9-20(10-8-19)14-17-4-2-5-18-14/h2-6H,7-10H2,1H3. The lowest BCUT2D eigenvalue weighted by atomic mass is 10.2. The van der Waals surface area contributed by atoms with E-state index in [1.165, 1.54) is 5.56 Å². The topological polar surface area (TPSA) is 45.2 Å². The van der Waals surface area contributed by atoms with Crippen LogP contribution < -0.4 is 9.80 Å². The van der Waals surface area contributed by atoms with Gasteiger partial charge in [0.2, 0.25) is 5.95 Å². The molecule has 0 N–H and O–H groups in total. The summed E-state index contributed by atoms with van der Waals surface area (Å²) in [6.07, 6.45) is 5.43. The molecular formula is C14H16BrN5. The van der Waals surface area contributed by atoms with Gasteiger partial charge >= 0.3 is 0 Å². The molecule has 0 radical (unpaired) electrons. The van der Waals surface area contributed by atoms with E-state index in [-0.39, 0.29) is 0 Å². The second-order valence-corrected chi connectivity index (χ2v) is 5.58. The summed E-state index contributed by atoms with van der Waals surface area (Å²) in [5.41, 5.74) is 1.21. The lowest BCUT2D eigenvalue weighted by Crippen LogP contribution is -2.47. The predicted molar refractivity (Wildman–Crippen MR) is 83.1 cm³/mol. The third-order valence-electron chi connectivity index (χ3n) is 3.48. The molecule has 0 saturated carbocycles. The first-order valence-corrected chi connectivity index (χ1v) is 7.43. The highest BCUT2D eigenvalue weighted by molar-refractivity contribution is 9.10. The average Bonchev–Trinajstić information content (AvgIpc) is 2.51. The molecule has 0 bridgehead atoms. The Hall–Kier alpha value is -1.69. The molecular weight excluding hydrogens is 318 g/mol. The molecule has 1 fully saturated rings. The third-order valence-corrected chi connectivity index (χ3v) is 4.46. The van der Waals surface area contributed by atoms with Crippen LogP contribution in [-0.4, -0.2) is 41.1 Å². The Labute approximate surface area is 126 Å². The molecule has 104 valence electrons. The van der Waals surface area contributed by atoms with Gasteiger partial charge in [0.05, 0.1) is 4.47 Å². The number of piperazine rings is 1. The van der Waals surface area contributed by atoms with Crippen molar-refractivity contribution in [2.45, 2.75) is 6.92 Å². The number of halogens is 1. The van der Waals surface area contributed by atoms with Crippen molar-refractivity contribution in [1.82, 2.24) is 15.0 Å². The predicted octanol–water partition coefficient (Wildman–Crippen LogP) is 2.27. The van der Waals surface area contributed by atoms with Crippen LogP contribution in [0.4, 0.5) is 11.8 Å². The highest BCUT2D eigenvalue weighted by Gasteiger charge is 2.21. The van der Waals surface area contributed by atoms with Gasteiger partial charge in [0, 0.05) is 44.8 Å². The van der Waals surface area contributed by atoms with Crippen LogP contribution in [0.25, 0.3) is 0 Å². The van der Waals surface area contributed by atoms with Crippen molar-refractivity contribution in [1.29, 1.82) is 0 Å². The number of pyridine rings is 1. The zero-order chi connectivity index (χ0) is 13.9. The van der Waals surface area contributed by atoms with Gasteiger partial charge in [-0.3, -0.25) is 0 Å². The van der Waals surface area contributed by atoms with Crippen molar-refractivity contribution in [2.75, 3.05) is 36.0 Å². The summed E-state index contributed by atoms with van der Waals surface area (Å²) in [5, 5.41) is 0. The molecule has 20 heavy (non-hydrogen) atoms. The molecule has 1 aliphatic heterocycles. The molecule has 0 amide bonds. The number of rotatable bonds is 2. The van der Waals surface area contributed by atoms with Crippen LogP contribution in [0.2, 0.25) is 0 Å². The monoisotopic (exact) mass is 333 g/mol. The zero-order valence-corrected chi connectivity index (χ0v) is 12.9. The van der Waals surface area contributed by atoms with Gasteiger partial charge in [0.1, 0.15) is 5.82 Å². The molecule has 0 spiro atoms. The number of nitrogens with zero attached hydrogens (tertiary/aromatic N) is 5. The number of hydrogen-bond acceptors (Lipinski definition) is 5. The van der Waals surface area contributed by atoms with E-state index < -0.39 is 0 Å². The average molecular weight is 334 g/mol.